The maximum atomic E-state index is 12.8. The molecule has 2 N–H and O–H groups in total. The molecule has 0 heterocycles. The van der Waals surface area contributed by atoms with E-state index in [9.17, 15) is 9.18 Å². The van der Waals surface area contributed by atoms with E-state index in [-0.39, 0.29) is 10.9 Å². The summed E-state index contributed by atoms with van der Waals surface area (Å²) < 4.78 is 12.8. The fraction of sp³-hybridized carbons (Fsp3) is 0.364. The molecule has 0 aliphatic heterocycles. The highest BCUT2D eigenvalue weighted by molar-refractivity contribution is 6.30. The molecule has 1 aromatic carbocycles. The molecule has 16 heavy (non-hydrogen) atoms. The molecule has 0 fully saturated rings. The van der Waals surface area contributed by atoms with Crippen LogP contribution < -0.4 is 10.9 Å². The molecule has 3 nitrogen and oxygen atoms in total. The fourth-order valence-corrected chi connectivity index (χ4v) is 1.55. The van der Waals surface area contributed by atoms with Gasteiger partial charge in [-0.3, -0.25) is 10.2 Å². The number of nitrogens with one attached hydrogen (secondary N) is 2. The van der Waals surface area contributed by atoms with Crippen molar-refractivity contribution in [2.24, 2.45) is 0 Å². The molecule has 0 aromatic heterocycles. The van der Waals surface area contributed by atoms with E-state index in [1.54, 1.807) is 19.2 Å². The minimum Gasteiger partial charge on any atom is -0.292 e. The standard InChI is InChI=1S/C11H14ClFN2O/c1-14-15-11(16)4-2-3-8-5-6-10(13)9(12)7-8/h5-7,14H,2-4H2,1H3,(H,15,16). The number of carbonyl (C=O) groups is 1. The van der Waals surface area contributed by atoms with Gasteiger partial charge < -0.3 is 0 Å². The van der Waals surface area contributed by atoms with Crippen LogP contribution in [0.3, 0.4) is 0 Å². The van der Waals surface area contributed by atoms with E-state index in [2.05, 4.69) is 10.9 Å². The van der Waals surface area contributed by atoms with Crippen molar-refractivity contribution in [1.29, 1.82) is 0 Å². The van der Waals surface area contributed by atoms with Crippen LogP contribution in [0.2, 0.25) is 5.02 Å². The van der Waals surface area contributed by atoms with Crippen molar-refractivity contribution in [2.75, 3.05) is 7.05 Å². The second-order valence-electron chi connectivity index (χ2n) is 3.40. The topological polar surface area (TPSA) is 41.1 Å². The quantitative estimate of drug-likeness (QED) is 0.779. The molecule has 0 atom stereocenters. The predicted molar refractivity (Wildman–Crippen MR) is 61.6 cm³/mol. The van der Waals surface area contributed by atoms with Crippen molar-refractivity contribution < 1.29 is 9.18 Å². The van der Waals surface area contributed by atoms with Crippen LogP contribution in [0.15, 0.2) is 18.2 Å². The highest BCUT2D eigenvalue weighted by Crippen LogP contribution is 2.17. The molecule has 1 amide bonds. The maximum absolute atomic E-state index is 12.8. The number of hydrazine groups is 1. The van der Waals surface area contributed by atoms with Crippen LogP contribution in [0.4, 0.5) is 4.39 Å². The van der Waals surface area contributed by atoms with Gasteiger partial charge in [-0.05, 0) is 30.5 Å². The summed E-state index contributed by atoms with van der Waals surface area (Å²) in [5, 5.41) is 0.122. The molecule has 0 radical (unpaired) electrons. The van der Waals surface area contributed by atoms with Gasteiger partial charge in [0.1, 0.15) is 5.82 Å². The van der Waals surface area contributed by atoms with E-state index in [0.29, 0.717) is 19.3 Å². The third-order valence-electron chi connectivity index (χ3n) is 2.12. The largest absolute Gasteiger partial charge is 0.292 e. The van der Waals surface area contributed by atoms with Gasteiger partial charge in [-0.1, -0.05) is 17.7 Å². The Labute approximate surface area is 99.0 Å². The summed E-state index contributed by atoms with van der Waals surface area (Å²) in [6, 6.07) is 4.61. The first-order valence-electron chi connectivity index (χ1n) is 5.03. The molecule has 0 spiro atoms. The molecule has 0 bridgehead atoms. The maximum Gasteiger partial charge on any atom is 0.234 e. The van der Waals surface area contributed by atoms with Crippen LogP contribution in [0, 0.1) is 5.82 Å². The van der Waals surface area contributed by atoms with Crippen LogP contribution in [-0.2, 0) is 11.2 Å². The van der Waals surface area contributed by atoms with Crippen molar-refractivity contribution in [1.82, 2.24) is 10.9 Å². The smallest absolute Gasteiger partial charge is 0.234 e. The van der Waals surface area contributed by atoms with Crippen molar-refractivity contribution in [3.8, 4) is 0 Å². The average Bonchev–Trinajstić information content (AvgIpc) is 2.24. The lowest BCUT2D eigenvalue weighted by Crippen LogP contribution is -2.33. The number of hydrogen-bond donors (Lipinski definition) is 2. The zero-order valence-corrected chi connectivity index (χ0v) is 9.77. The zero-order valence-electron chi connectivity index (χ0n) is 9.02. The highest BCUT2D eigenvalue weighted by atomic mass is 35.5. The lowest BCUT2D eigenvalue weighted by molar-refractivity contribution is -0.122. The first-order chi connectivity index (χ1) is 7.63. The Bertz CT molecular complexity index is 371. The Hall–Kier alpha value is -1.13. The Morgan fingerprint density at radius 1 is 1.50 bits per heavy atom. The van der Waals surface area contributed by atoms with Gasteiger partial charge in [-0.2, -0.15) is 0 Å². The minimum atomic E-state index is -0.418. The Morgan fingerprint density at radius 3 is 2.88 bits per heavy atom. The first-order valence-corrected chi connectivity index (χ1v) is 5.41. The number of carbonyl (C=O) groups excluding carboxylic acids is 1. The summed E-state index contributed by atoms with van der Waals surface area (Å²) in [5.74, 6) is -0.478. The average molecular weight is 245 g/mol. The monoisotopic (exact) mass is 244 g/mol. The van der Waals surface area contributed by atoms with Gasteiger partial charge >= 0.3 is 0 Å². The molecular weight excluding hydrogens is 231 g/mol. The van der Waals surface area contributed by atoms with Gasteiger partial charge in [0.25, 0.3) is 0 Å². The lowest BCUT2D eigenvalue weighted by Gasteiger charge is -2.04. The normalized spacial score (nSPS) is 10.2. The summed E-state index contributed by atoms with van der Waals surface area (Å²) in [6.45, 7) is 0. The Kier molecular flexibility index (Phi) is 5.22. The number of hydrogen-bond acceptors (Lipinski definition) is 2. The molecule has 0 unspecified atom stereocenters. The molecule has 1 rings (SSSR count). The first kappa shape index (κ1) is 12.9. The second kappa shape index (κ2) is 6.45. The number of halogens is 2. The van der Waals surface area contributed by atoms with E-state index in [4.69, 9.17) is 11.6 Å². The van der Waals surface area contributed by atoms with E-state index in [1.807, 2.05) is 0 Å². The highest BCUT2D eigenvalue weighted by Gasteiger charge is 2.03. The number of rotatable bonds is 5. The minimum absolute atomic E-state index is 0.0595. The van der Waals surface area contributed by atoms with Crippen molar-refractivity contribution >= 4 is 17.5 Å². The summed E-state index contributed by atoms with van der Waals surface area (Å²) in [5.41, 5.74) is 5.97. The predicted octanol–water partition coefficient (Wildman–Crippen LogP) is 2.05. The molecule has 0 aliphatic carbocycles. The summed E-state index contributed by atoms with van der Waals surface area (Å²) in [6.07, 6.45) is 1.84. The van der Waals surface area contributed by atoms with Crippen molar-refractivity contribution in [2.45, 2.75) is 19.3 Å². The molecule has 0 aliphatic rings. The van der Waals surface area contributed by atoms with Crippen LogP contribution in [-0.4, -0.2) is 13.0 Å². The SMILES string of the molecule is CNNC(=O)CCCc1ccc(F)c(Cl)c1. The number of amides is 1. The Balaban J connectivity index is 2.37. The van der Waals surface area contributed by atoms with Gasteiger partial charge in [0.2, 0.25) is 5.91 Å². The summed E-state index contributed by atoms with van der Waals surface area (Å²) in [7, 11) is 1.64. The van der Waals surface area contributed by atoms with E-state index in [1.165, 1.54) is 6.07 Å². The third kappa shape index (κ3) is 4.16. The van der Waals surface area contributed by atoms with Crippen LogP contribution in [0.25, 0.3) is 0 Å². The molecule has 0 saturated carbocycles. The van der Waals surface area contributed by atoms with Crippen molar-refractivity contribution in [3.05, 3.63) is 34.6 Å². The van der Waals surface area contributed by atoms with Gasteiger partial charge in [0, 0.05) is 13.5 Å². The van der Waals surface area contributed by atoms with Crippen LogP contribution in [0.1, 0.15) is 18.4 Å². The summed E-state index contributed by atoms with van der Waals surface area (Å²) >= 11 is 5.64. The molecule has 1 aromatic rings. The van der Waals surface area contributed by atoms with Crippen LogP contribution in [0.5, 0.6) is 0 Å². The number of aryl methyl sites for hydroxylation is 1. The van der Waals surface area contributed by atoms with E-state index >= 15 is 0 Å². The van der Waals surface area contributed by atoms with Gasteiger partial charge in [0.05, 0.1) is 5.02 Å². The van der Waals surface area contributed by atoms with Gasteiger partial charge in [-0.25, -0.2) is 9.82 Å². The fourth-order valence-electron chi connectivity index (χ4n) is 1.35. The zero-order chi connectivity index (χ0) is 12.0. The third-order valence-corrected chi connectivity index (χ3v) is 2.41. The Morgan fingerprint density at radius 2 is 2.25 bits per heavy atom. The van der Waals surface area contributed by atoms with E-state index < -0.39 is 5.82 Å². The van der Waals surface area contributed by atoms with E-state index in [0.717, 1.165) is 5.56 Å². The van der Waals surface area contributed by atoms with Gasteiger partial charge in [0.15, 0.2) is 0 Å². The molecular formula is C11H14ClFN2O. The van der Waals surface area contributed by atoms with Gasteiger partial charge in [-0.15, -0.1) is 0 Å². The lowest BCUT2D eigenvalue weighted by atomic mass is 10.1. The molecule has 5 heteroatoms. The molecule has 0 saturated heterocycles. The number of benzene rings is 1. The molecule has 88 valence electrons. The second-order valence-corrected chi connectivity index (χ2v) is 3.81. The van der Waals surface area contributed by atoms with Crippen LogP contribution >= 0.6 is 11.6 Å². The van der Waals surface area contributed by atoms with Crippen molar-refractivity contribution in [3.63, 3.8) is 0 Å². The summed E-state index contributed by atoms with van der Waals surface area (Å²) in [4.78, 5) is 11.1.